The van der Waals surface area contributed by atoms with E-state index in [9.17, 15) is 4.79 Å². The number of carbonyl (C=O) groups is 1. The van der Waals surface area contributed by atoms with Gasteiger partial charge in [-0.1, -0.05) is 42.6 Å². The maximum absolute atomic E-state index is 13.2. The van der Waals surface area contributed by atoms with Gasteiger partial charge in [-0.3, -0.25) is 4.79 Å². The molecule has 1 heterocycles. The van der Waals surface area contributed by atoms with Crippen molar-refractivity contribution in [3.05, 3.63) is 64.2 Å². The minimum Gasteiger partial charge on any atom is -0.325 e. The van der Waals surface area contributed by atoms with Crippen LogP contribution in [0.15, 0.2) is 42.5 Å². The Morgan fingerprint density at radius 1 is 1.00 bits per heavy atom. The van der Waals surface area contributed by atoms with Crippen molar-refractivity contribution >= 4 is 23.2 Å². The van der Waals surface area contributed by atoms with Crippen LogP contribution in [0.5, 0.6) is 0 Å². The Morgan fingerprint density at radius 3 is 2.46 bits per heavy atom. The number of carbonyl (C=O) groups excluding carboxylic acids is 1. The molecule has 0 saturated heterocycles. The van der Waals surface area contributed by atoms with Crippen LogP contribution < -0.4 is 10.6 Å². The van der Waals surface area contributed by atoms with E-state index >= 15 is 0 Å². The third-order valence-corrected chi connectivity index (χ3v) is 5.64. The topological polar surface area (TPSA) is 41.1 Å². The highest BCUT2D eigenvalue weighted by Crippen LogP contribution is 2.42. The van der Waals surface area contributed by atoms with E-state index in [1.165, 1.54) is 11.1 Å². The van der Waals surface area contributed by atoms with Gasteiger partial charge < -0.3 is 10.6 Å². The first-order chi connectivity index (χ1) is 11.7. The summed E-state index contributed by atoms with van der Waals surface area (Å²) < 4.78 is 0. The first-order valence-electron chi connectivity index (χ1n) is 8.57. The van der Waals surface area contributed by atoms with Gasteiger partial charge in [0.1, 0.15) is 0 Å². The molecule has 4 rings (SSSR count). The van der Waals surface area contributed by atoms with E-state index in [0.29, 0.717) is 5.02 Å². The Hall–Kier alpha value is -1.84. The zero-order valence-corrected chi connectivity index (χ0v) is 14.3. The zero-order valence-electron chi connectivity index (χ0n) is 13.6. The number of hydrogen-bond acceptors (Lipinski definition) is 2. The van der Waals surface area contributed by atoms with Crippen LogP contribution in [0.1, 0.15) is 42.4 Å². The second-order valence-electron chi connectivity index (χ2n) is 6.84. The Morgan fingerprint density at radius 2 is 1.71 bits per heavy atom. The maximum atomic E-state index is 13.2. The number of halogens is 1. The van der Waals surface area contributed by atoms with Gasteiger partial charge in [-0.15, -0.1) is 0 Å². The Balaban J connectivity index is 1.62. The predicted octanol–water partition coefficient (Wildman–Crippen LogP) is 4.39. The lowest BCUT2D eigenvalue weighted by molar-refractivity contribution is -0.121. The van der Waals surface area contributed by atoms with Gasteiger partial charge in [-0.05, 0) is 53.8 Å². The molecule has 4 heteroatoms. The molecule has 124 valence electrons. The molecule has 2 N–H and O–H groups in total. The first-order valence-corrected chi connectivity index (χ1v) is 8.95. The molecule has 1 saturated carbocycles. The number of anilines is 1. The van der Waals surface area contributed by atoms with Crippen LogP contribution in [0.3, 0.4) is 0 Å². The van der Waals surface area contributed by atoms with Crippen LogP contribution in [-0.4, -0.2) is 5.91 Å². The van der Waals surface area contributed by atoms with Crippen LogP contribution in [-0.2, 0) is 23.3 Å². The van der Waals surface area contributed by atoms with Crippen molar-refractivity contribution in [2.75, 3.05) is 5.32 Å². The molecule has 3 nitrogen and oxygen atoms in total. The lowest BCUT2D eigenvalue weighted by Gasteiger charge is -2.28. The molecular formula is C20H21ClN2O. The Kier molecular flexibility index (Phi) is 4.07. The van der Waals surface area contributed by atoms with Crippen molar-refractivity contribution in [2.45, 2.75) is 44.2 Å². The van der Waals surface area contributed by atoms with Crippen LogP contribution >= 0.6 is 11.6 Å². The number of rotatable bonds is 3. The van der Waals surface area contributed by atoms with Gasteiger partial charge in [-0.25, -0.2) is 0 Å². The highest BCUT2D eigenvalue weighted by molar-refractivity contribution is 6.30. The fraction of sp³-hybridized carbons (Fsp3) is 0.350. The van der Waals surface area contributed by atoms with E-state index in [-0.39, 0.29) is 5.91 Å². The smallest absolute Gasteiger partial charge is 0.235 e. The lowest BCUT2D eigenvalue weighted by atomic mass is 9.78. The summed E-state index contributed by atoms with van der Waals surface area (Å²) in [6.45, 7) is 1.79. The molecule has 24 heavy (non-hydrogen) atoms. The van der Waals surface area contributed by atoms with Crippen molar-refractivity contribution < 1.29 is 4.79 Å². The Labute approximate surface area is 147 Å². The van der Waals surface area contributed by atoms with Crippen LogP contribution in [0.2, 0.25) is 5.02 Å². The number of benzene rings is 2. The predicted molar refractivity (Wildman–Crippen MR) is 97.2 cm³/mol. The number of nitrogens with one attached hydrogen (secondary N) is 2. The van der Waals surface area contributed by atoms with Crippen molar-refractivity contribution in [1.29, 1.82) is 0 Å². The summed E-state index contributed by atoms with van der Waals surface area (Å²) in [7, 11) is 0. The SMILES string of the molecule is O=C(Nc1ccc2c(c1)CNC2)C1(c2ccc(Cl)cc2)CCCC1. The number of amides is 1. The van der Waals surface area contributed by atoms with Gasteiger partial charge in [-0.2, -0.15) is 0 Å². The van der Waals surface area contributed by atoms with Gasteiger partial charge >= 0.3 is 0 Å². The minimum atomic E-state index is -0.429. The summed E-state index contributed by atoms with van der Waals surface area (Å²) in [6, 6.07) is 14.0. The average molecular weight is 341 g/mol. The van der Waals surface area contributed by atoms with E-state index in [4.69, 9.17) is 11.6 Å². The largest absolute Gasteiger partial charge is 0.325 e. The molecular weight excluding hydrogens is 320 g/mol. The highest BCUT2D eigenvalue weighted by Gasteiger charge is 2.42. The second-order valence-corrected chi connectivity index (χ2v) is 7.27. The molecule has 0 radical (unpaired) electrons. The summed E-state index contributed by atoms with van der Waals surface area (Å²) in [6.07, 6.45) is 3.97. The van der Waals surface area contributed by atoms with E-state index in [2.05, 4.69) is 22.8 Å². The molecule has 0 spiro atoms. The number of fused-ring (bicyclic) bond motifs is 1. The average Bonchev–Trinajstić information content (AvgIpc) is 3.25. The molecule has 0 bridgehead atoms. The molecule has 0 unspecified atom stereocenters. The molecule has 2 aromatic rings. The van der Waals surface area contributed by atoms with Gasteiger partial charge in [0.2, 0.25) is 5.91 Å². The molecule has 1 fully saturated rings. The van der Waals surface area contributed by atoms with Gasteiger partial charge in [0, 0.05) is 23.8 Å². The summed E-state index contributed by atoms with van der Waals surface area (Å²) in [5.74, 6) is 0.105. The zero-order chi connectivity index (χ0) is 16.6. The quantitative estimate of drug-likeness (QED) is 0.869. The second kappa shape index (κ2) is 6.23. The van der Waals surface area contributed by atoms with Crippen molar-refractivity contribution in [3.8, 4) is 0 Å². The third-order valence-electron chi connectivity index (χ3n) is 5.38. The van der Waals surface area contributed by atoms with E-state index in [1.807, 2.05) is 30.3 Å². The first kappa shape index (κ1) is 15.7. The van der Waals surface area contributed by atoms with Gasteiger partial charge in [0.05, 0.1) is 5.41 Å². The summed E-state index contributed by atoms with van der Waals surface area (Å²) >= 11 is 6.02. The normalized spacial score (nSPS) is 18.4. The van der Waals surface area contributed by atoms with Gasteiger partial charge in [0.15, 0.2) is 0 Å². The van der Waals surface area contributed by atoms with E-state index in [1.54, 1.807) is 0 Å². The molecule has 1 aliphatic carbocycles. The van der Waals surface area contributed by atoms with Gasteiger partial charge in [0.25, 0.3) is 0 Å². The Bertz CT molecular complexity index is 764. The highest BCUT2D eigenvalue weighted by atomic mass is 35.5. The number of hydrogen-bond donors (Lipinski definition) is 2. The lowest BCUT2D eigenvalue weighted by Crippen LogP contribution is -2.38. The molecule has 0 aromatic heterocycles. The van der Waals surface area contributed by atoms with E-state index < -0.39 is 5.41 Å². The minimum absolute atomic E-state index is 0.105. The van der Waals surface area contributed by atoms with Crippen LogP contribution in [0.4, 0.5) is 5.69 Å². The summed E-state index contributed by atoms with van der Waals surface area (Å²) in [5.41, 5.74) is 4.13. The monoisotopic (exact) mass is 340 g/mol. The molecule has 1 amide bonds. The summed E-state index contributed by atoms with van der Waals surface area (Å²) in [5, 5.41) is 7.21. The molecule has 1 aliphatic heterocycles. The summed E-state index contributed by atoms with van der Waals surface area (Å²) in [4.78, 5) is 13.2. The maximum Gasteiger partial charge on any atom is 0.235 e. The van der Waals surface area contributed by atoms with Crippen molar-refractivity contribution in [2.24, 2.45) is 0 Å². The molecule has 2 aromatic carbocycles. The third kappa shape index (κ3) is 2.72. The molecule has 0 atom stereocenters. The molecule has 2 aliphatic rings. The van der Waals surface area contributed by atoms with Crippen LogP contribution in [0, 0.1) is 0 Å². The van der Waals surface area contributed by atoms with Crippen LogP contribution in [0.25, 0.3) is 0 Å². The fourth-order valence-electron chi connectivity index (χ4n) is 4.02. The van der Waals surface area contributed by atoms with Crippen molar-refractivity contribution in [1.82, 2.24) is 5.32 Å². The fourth-order valence-corrected chi connectivity index (χ4v) is 4.14. The standard InChI is InChI=1S/C20H21ClN2O/c21-17-6-4-16(5-7-17)20(9-1-2-10-20)19(24)23-18-8-3-14-12-22-13-15(14)11-18/h3-8,11,22H,1-2,9-10,12-13H2,(H,23,24). The van der Waals surface area contributed by atoms with E-state index in [0.717, 1.165) is 50.0 Å². The van der Waals surface area contributed by atoms with Crippen molar-refractivity contribution in [3.63, 3.8) is 0 Å².